The first-order valence-corrected chi connectivity index (χ1v) is 7.18. The van der Waals surface area contributed by atoms with E-state index in [1.165, 1.54) is 25.9 Å². The first-order chi connectivity index (χ1) is 8.26. The van der Waals surface area contributed by atoms with E-state index in [1.807, 2.05) is 4.90 Å². The molecular weight excluding hydrogens is 212 g/mol. The van der Waals surface area contributed by atoms with Crippen LogP contribution in [0.4, 0.5) is 0 Å². The predicted molar refractivity (Wildman–Crippen MR) is 72.0 cm³/mol. The summed E-state index contributed by atoms with van der Waals surface area (Å²) in [6, 6.07) is 0. The smallest absolute Gasteiger partial charge is 0.209 e. The predicted octanol–water partition coefficient (Wildman–Crippen LogP) is 2.37. The molecule has 1 saturated heterocycles. The quantitative estimate of drug-likeness (QED) is 0.608. The molecule has 0 aromatic rings. The van der Waals surface area contributed by atoms with E-state index in [-0.39, 0.29) is 0 Å². The van der Waals surface area contributed by atoms with Gasteiger partial charge in [0.05, 0.1) is 0 Å². The number of likely N-dealkylation sites (tertiary alicyclic amines) is 1. The maximum absolute atomic E-state index is 10.8. The Morgan fingerprint density at radius 2 is 1.88 bits per heavy atom. The van der Waals surface area contributed by atoms with Gasteiger partial charge in [-0.3, -0.25) is 4.79 Å². The molecule has 0 aromatic heterocycles. The third kappa shape index (κ3) is 6.06. The number of amides is 1. The van der Waals surface area contributed by atoms with E-state index < -0.39 is 0 Å². The monoisotopic (exact) mass is 240 g/mol. The number of hydrogen-bond acceptors (Lipinski definition) is 2. The van der Waals surface area contributed by atoms with E-state index in [1.54, 1.807) is 0 Å². The zero-order valence-electron chi connectivity index (χ0n) is 11.5. The van der Waals surface area contributed by atoms with Crippen LogP contribution in [0, 0.1) is 5.92 Å². The van der Waals surface area contributed by atoms with Crippen LogP contribution in [0.3, 0.4) is 0 Å². The fourth-order valence-corrected chi connectivity index (χ4v) is 2.36. The van der Waals surface area contributed by atoms with Gasteiger partial charge in [-0.15, -0.1) is 0 Å². The van der Waals surface area contributed by atoms with Crippen molar-refractivity contribution in [1.29, 1.82) is 0 Å². The van der Waals surface area contributed by atoms with E-state index in [0.717, 1.165) is 51.2 Å². The van der Waals surface area contributed by atoms with Crippen molar-refractivity contribution in [2.75, 3.05) is 32.7 Å². The van der Waals surface area contributed by atoms with Gasteiger partial charge >= 0.3 is 0 Å². The van der Waals surface area contributed by atoms with Crippen molar-refractivity contribution in [3.05, 3.63) is 0 Å². The zero-order chi connectivity index (χ0) is 12.5. The number of piperidine rings is 1. The van der Waals surface area contributed by atoms with Gasteiger partial charge in [0.25, 0.3) is 0 Å². The first-order valence-electron chi connectivity index (χ1n) is 7.18. The molecule has 0 N–H and O–H groups in total. The van der Waals surface area contributed by atoms with Crippen molar-refractivity contribution in [1.82, 2.24) is 9.80 Å². The lowest BCUT2D eigenvalue weighted by atomic mass is 9.99. The molecule has 1 amide bonds. The number of carbonyl (C=O) groups excluding carboxylic acids is 1. The Bertz CT molecular complexity index is 200. The molecule has 100 valence electrons. The Labute approximate surface area is 106 Å². The number of rotatable bonds is 8. The summed E-state index contributed by atoms with van der Waals surface area (Å²) in [5.41, 5.74) is 0. The van der Waals surface area contributed by atoms with Crippen molar-refractivity contribution in [2.45, 2.75) is 46.0 Å². The highest BCUT2D eigenvalue weighted by molar-refractivity contribution is 5.46. The fraction of sp³-hybridized carbons (Fsp3) is 0.929. The van der Waals surface area contributed by atoms with E-state index >= 15 is 0 Å². The van der Waals surface area contributed by atoms with Gasteiger partial charge in [0.15, 0.2) is 0 Å². The van der Waals surface area contributed by atoms with Crippen molar-refractivity contribution < 1.29 is 4.79 Å². The average Bonchev–Trinajstić information content (AvgIpc) is 2.36. The highest BCUT2D eigenvalue weighted by Crippen LogP contribution is 2.15. The lowest BCUT2D eigenvalue weighted by Gasteiger charge is -2.30. The molecular formula is C14H28N2O. The molecule has 0 bridgehead atoms. The molecule has 17 heavy (non-hydrogen) atoms. The van der Waals surface area contributed by atoms with Gasteiger partial charge in [-0.1, -0.05) is 20.3 Å². The van der Waals surface area contributed by atoms with Crippen LogP contribution >= 0.6 is 0 Å². The summed E-state index contributed by atoms with van der Waals surface area (Å²) >= 11 is 0. The summed E-state index contributed by atoms with van der Waals surface area (Å²) in [6.07, 6.45) is 7.10. The summed E-state index contributed by atoms with van der Waals surface area (Å²) in [5, 5.41) is 0. The standard InChI is InChI=1S/C14H28N2O/c1-3-4-8-16(13-17)10-5-9-15-11-6-14(2)7-12-15/h13-14H,3-12H2,1-2H3. The second-order valence-electron chi connectivity index (χ2n) is 5.37. The number of unbranched alkanes of at least 4 members (excludes halogenated alkanes) is 1. The van der Waals surface area contributed by atoms with Gasteiger partial charge < -0.3 is 9.80 Å². The highest BCUT2D eigenvalue weighted by atomic mass is 16.1. The minimum atomic E-state index is 0.905. The lowest BCUT2D eigenvalue weighted by Crippen LogP contribution is -2.35. The molecule has 1 heterocycles. The topological polar surface area (TPSA) is 23.6 Å². The molecule has 0 radical (unpaired) electrons. The molecule has 0 aromatic carbocycles. The van der Waals surface area contributed by atoms with Crippen LogP contribution in [0.25, 0.3) is 0 Å². The zero-order valence-corrected chi connectivity index (χ0v) is 11.5. The minimum Gasteiger partial charge on any atom is -0.345 e. The molecule has 3 nitrogen and oxygen atoms in total. The molecule has 1 rings (SSSR count). The Morgan fingerprint density at radius 1 is 1.24 bits per heavy atom. The maximum atomic E-state index is 10.8. The fourth-order valence-electron chi connectivity index (χ4n) is 2.36. The highest BCUT2D eigenvalue weighted by Gasteiger charge is 2.15. The molecule has 1 fully saturated rings. The van der Waals surface area contributed by atoms with Crippen LogP contribution in [-0.2, 0) is 4.79 Å². The summed E-state index contributed by atoms with van der Waals surface area (Å²) < 4.78 is 0. The van der Waals surface area contributed by atoms with Gasteiger partial charge in [-0.25, -0.2) is 0 Å². The SMILES string of the molecule is CCCCN(C=O)CCCN1CCC(C)CC1. The lowest BCUT2D eigenvalue weighted by molar-refractivity contribution is -0.118. The van der Waals surface area contributed by atoms with Gasteiger partial charge in [0, 0.05) is 13.1 Å². The first kappa shape index (κ1) is 14.5. The van der Waals surface area contributed by atoms with Crippen LogP contribution < -0.4 is 0 Å². The largest absolute Gasteiger partial charge is 0.345 e. The molecule has 0 spiro atoms. The summed E-state index contributed by atoms with van der Waals surface area (Å²) in [7, 11) is 0. The second kappa shape index (κ2) is 8.51. The maximum Gasteiger partial charge on any atom is 0.209 e. The third-order valence-electron chi connectivity index (χ3n) is 3.74. The molecule has 0 aliphatic carbocycles. The van der Waals surface area contributed by atoms with Crippen LogP contribution in [0.2, 0.25) is 0 Å². The Balaban J connectivity index is 2.07. The number of carbonyl (C=O) groups is 1. The Hall–Kier alpha value is -0.570. The van der Waals surface area contributed by atoms with E-state index in [2.05, 4.69) is 18.7 Å². The van der Waals surface area contributed by atoms with Crippen LogP contribution in [0.1, 0.15) is 46.0 Å². The average molecular weight is 240 g/mol. The van der Waals surface area contributed by atoms with Crippen LogP contribution in [-0.4, -0.2) is 48.9 Å². The minimum absolute atomic E-state index is 0.905. The molecule has 0 unspecified atom stereocenters. The van der Waals surface area contributed by atoms with Gasteiger partial charge in [-0.05, 0) is 51.2 Å². The van der Waals surface area contributed by atoms with Gasteiger partial charge in [-0.2, -0.15) is 0 Å². The normalized spacial score (nSPS) is 18.2. The number of hydrogen-bond donors (Lipinski definition) is 0. The van der Waals surface area contributed by atoms with Gasteiger partial charge in [0.1, 0.15) is 0 Å². The summed E-state index contributed by atoms with van der Waals surface area (Å²) in [4.78, 5) is 15.3. The molecule has 3 heteroatoms. The second-order valence-corrected chi connectivity index (χ2v) is 5.37. The van der Waals surface area contributed by atoms with Crippen LogP contribution in [0.15, 0.2) is 0 Å². The van der Waals surface area contributed by atoms with Crippen LogP contribution in [0.5, 0.6) is 0 Å². The number of nitrogens with zero attached hydrogens (tertiary/aromatic N) is 2. The molecule has 0 atom stereocenters. The summed E-state index contributed by atoms with van der Waals surface area (Å²) in [6.45, 7) is 10.0. The van der Waals surface area contributed by atoms with Crippen molar-refractivity contribution >= 4 is 6.41 Å². The Morgan fingerprint density at radius 3 is 2.47 bits per heavy atom. The molecule has 1 aliphatic heterocycles. The van der Waals surface area contributed by atoms with Crippen molar-refractivity contribution in [3.63, 3.8) is 0 Å². The molecule has 0 saturated carbocycles. The van der Waals surface area contributed by atoms with Gasteiger partial charge in [0.2, 0.25) is 6.41 Å². The van der Waals surface area contributed by atoms with Crippen molar-refractivity contribution in [3.8, 4) is 0 Å². The molecule has 1 aliphatic rings. The summed E-state index contributed by atoms with van der Waals surface area (Å²) in [5.74, 6) is 0.905. The Kier molecular flexibility index (Phi) is 7.25. The van der Waals surface area contributed by atoms with E-state index in [0.29, 0.717) is 0 Å². The third-order valence-corrected chi connectivity index (χ3v) is 3.74. The van der Waals surface area contributed by atoms with E-state index in [9.17, 15) is 4.79 Å². The van der Waals surface area contributed by atoms with Crippen molar-refractivity contribution in [2.24, 2.45) is 5.92 Å². The van der Waals surface area contributed by atoms with E-state index in [4.69, 9.17) is 0 Å².